The summed E-state index contributed by atoms with van der Waals surface area (Å²) in [6.45, 7) is 0. The fourth-order valence-electron chi connectivity index (χ4n) is 1.80. The van der Waals surface area contributed by atoms with Crippen LogP contribution in [0.4, 0.5) is 10.1 Å². The smallest absolute Gasteiger partial charge is 0.227 e. The molecule has 18 heavy (non-hydrogen) atoms. The number of oxazole rings is 1. The number of benzene rings is 2. The Bertz CT molecular complexity index is 689. The summed E-state index contributed by atoms with van der Waals surface area (Å²) in [6, 6.07) is 12.0. The van der Waals surface area contributed by atoms with Gasteiger partial charge >= 0.3 is 0 Å². The summed E-state index contributed by atoms with van der Waals surface area (Å²) in [5, 5.41) is 3.04. The van der Waals surface area contributed by atoms with E-state index in [9.17, 15) is 4.39 Å². The third-order valence-electron chi connectivity index (χ3n) is 2.77. The molecule has 0 fully saturated rings. The predicted molar refractivity (Wildman–Crippen MR) is 68.9 cm³/mol. The Morgan fingerprint density at radius 2 is 1.89 bits per heavy atom. The number of fused-ring (bicyclic) bond motifs is 1. The molecule has 1 N–H and O–H groups in total. The summed E-state index contributed by atoms with van der Waals surface area (Å²) in [5.41, 5.74) is 3.00. The van der Waals surface area contributed by atoms with Gasteiger partial charge in [-0.05, 0) is 36.4 Å². The van der Waals surface area contributed by atoms with E-state index < -0.39 is 0 Å². The van der Waals surface area contributed by atoms with Crippen molar-refractivity contribution in [2.45, 2.75) is 0 Å². The van der Waals surface area contributed by atoms with Crippen LogP contribution in [0.3, 0.4) is 0 Å². The van der Waals surface area contributed by atoms with E-state index in [4.69, 9.17) is 4.42 Å². The van der Waals surface area contributed by atoms with Gasteiger partial charge in [0.1, 0.15) is 11.3 Å². The molecule has 3 rings (SSSR count). The molecule has 1 heterocycles. The monoisotopic (exact) mass is 242 g/mol. The van der Waals surface area contributed by atoms with Crippen LogP contribution in [0.15, 0.2) is 46.9 Å². The van der Waals surface area contributed by atoms with Gasteiger partial charge < -0.3 is 9.73 Å². The summed E-state index contributed by atoms with van der Waals surface area (Å²) in [6.07, 6.45) is 0. The van der Waals surface area contributed by atoms with E-state index >= 15 is 0 Å². The van der Waals surface area contributed by atoms with E-state index in [0.29, 0.717) is 17.0 Å². The number of nitrogens with zero attached hydrogens (tertiary/aromatic N) is 1. The van der Waals surface area contributed by atoms with E-state index in [0.717, 1.165) is 11.3 Å². The molecule has 2 aromatic carbocycles. The predicted octanol–water partition coefficient (Wildman–Crippen LogP) is 3.68. The summed E-state index contributed by atoms with van der Waals surface area (Å²) in [4.78, 5) is 4.27. The zero-order valence-corrected chi connectivity index (χ0v) is 9.77. The Kier molecular flexibility index (Phi) is 2.48. The highest BCUT2D eigenvalue weighted by molar-refractivity contribution is 5.76. The molecule has 90 valence electrons. The van der Waals surface area contributed by atoms with Crippen molar-refractivity contribution in [3.05, 3.63) is 48.3 Å². The van der Waals surface area contributed by atoms with Crippen LogP contribution in [0.25, 0.3) is 22.6 Å². The van der Waals surface area contributed by atoms with E-state index in [-0.39, 0.29) is 5.82 Å². The second-order valence-electron chi connectivity index (χ2n) is 3.96. The standard InChI is InChI=1S/C14H11FN2O/c1-16-11-5-2-9(3-6-11)14-17-12-8-10(15)4-7-13(12)18-14/h2-8,16H,1H3. The number of aromatic nitrogens is 1. The fourth-order valence-corrected chi connectivity index (χ4v) is 1.80. The highest BCUT2D eigenvalue weighted by Gasteiger charge is 2.08. The van der Waals surface area contributed by atoms with Gasteiger partial charge in [-0.3, -0.25) is 0 Å². The molecule has 0 bridgehead atoms. The lowest BCUT2D eigenvalue weighted by Gasteiger charge is -1.99. The van der Waals surface area contributed by atoms with Crippen LogP contribution in [0.1, 0.15) is 0 Å². The third kappa shape index (κ3) is 1.82. The normalized spacial score (nSPS) is 10.8. The SMILES string of the molecule is CNc1ccc(-c2nc3cc(F)ccc3o2)cc1. The number of hydrogen-bond donors (Lipinski definition) is 1. The summed E-state index contributed by atoms with van der Waals surface area (Å²) in [5.74, 6) is 0.186. The molecule has 0 spiro atoms. The van der Waals surface area contributed by atoms with E-state index in [1.165, 1.54) is 12.1 Å². The number of nitrogens with one attached hydrogen (secondary N) is 1. The summed E-state index contributed by atoms with van der Waals surface area (Å²) < 4.78 is 18.6. The summed E-state index contributed by atoms with van der Waals surface area (Å²) in [7, 11) is 1.86. The van der Waals surface area contributed by atoms with Crippen molar-refractivity contribution in [1.82, 2.24) is 4.98 Å². The number of anilines is 1. The Balaban J connectivity index is 2.07. The first-order chi connectivity index (χ1) is 8.76. The van der Waals surface area contributed by atoms with Crippen LogP contribution in [0.5, 0.6) is 0 Å². The van der Waals surface area contributed by atoms with Crippen molar-refractivity contribution in [3.63, 3.8) is 0 Å². The minimum Gasteiger partial charge on any atom is -0.436 e. The maximum Gasteiger partial charge on any atom is 0.227 e. The van der Waals surface area contributed by atoms with Crippen molar-refractivity contribution >= 4 is 16.8 Å². The first-order valence-corrected chi connectivity index (χ1v) is 5.60. The first-order valence-electron chi connectivity index (χ1n) is 5.60. The largest absolute Gasteiger partial charge is 0.436 e. The topological polar surface area (TPSA) is 38.1 Å². The maximum atomic E-state index is 13.1. The van der Waals surface area contributed by atoms with E-state index in [1.54, 1.807) is 6.07 Å². The molecule has 0 amide bonds. The van der Waals surface area contributed by atoms with Gasteiger partial charge in [0.05, 0.1) is 0 Å². The third-order valence-corrected chi connectivity index (χ3v) is 2.77. The minimum atomic E-state index is -0.312. The zero-order valence-electron chi connectivity index (χ0n) is 9.77. The Morgan fingerprint density at radius 1 is 1.11 bits per heavy atom. The van der Waals surface area contributed by atoms with Crippen molar-refractivity contribution in [3.8, 4) is 11.5 Å². The molecule has 0 radical (unpaired) electrons. The second-order valence-corrected chi connectivity index (χ2v) is 3.96. The van der Waals surface area contributed by atoms with Crippen LogP contribution in [0, 0.1) is 5.82 Å². The molecule has 3 nitrogen and oxygen atoms in total. The molecule has 0 saturated carbocycles. The highest BCUT2D eigenvalue weighted by Crippen LogP contribution is 2.25. The van der Waals surface area contributed by atoms with E-state index in [1.807, 2.05) is 31.3 Å². The fraction of sp³-hybridized carbons (Fsp3) is 0.0714. The van der Waals surface area contributed by atoms with Gasteiger partial charge in [0.25, 0.3) is 0 Å². The van der Waals surface area contributed by atoms with Gasteiger partial charge in [-0.2, -0.15) is 0 Å². The lowest BCUT2D eigenvalue weighted by Crippen LogP contribution is -1.86. The van der Waals surface area contributed by atoms with Gasteiger partial charge in [-0.15, -0.1) is 0 Å². The highest BCUT2D eigenvalue weighted by atomic mass is 19.1. The van der Waals surface area contributed by atoms with Gasteiger partial charge in [-0.25, -0.2) is 9.37 Å². The Labute approximate surface area is 103 Å². The number of rotatable bonds is 2. The Morgan fingerprint density at radius 3 is 2.61 bits per heavy atom. The lowest BCUT2D eigenvalue weighted by molar-refractivity contribution is 0.614. The Hall–Kier alpha value is -2.36. The zero-order chi connectivity index (χ0) is 12.5. The van der Waals surface area contributed by atoms with Crippen molar-refractivity contribution < 1.29 is 8.81 Å². The van der Waals surface area contributed by atoms with Crippen molar-refractivity contribution in [2.75, 3.05) is 12.4 Å². The maximum absolute atomic E-state index is 13.1. The lowest BCUT2D eigenvalue weighted by atomic mass is 10.2. The van der Waals surface area contributed by atoms with Crippen LogP contribution in [-0.4, -0.2) is 12.0 Å². The molecule has 0 atom stereocenters. The number of hydrogen-bond acceptors (Lipinski definition) is 3. The molecule has 4 heteroatoms. The van der Waals surface area contributed by atoms with Gasteiger partial charge in [-0.1, -0.05) is 0 Å². The van der Waals surface area contributed by atoms with Crippen LogP contribution in [-0.2, 0) is 0 Å². The van der Waals surface area contributed by atoms with Crippen LogP contribution >= 0.6 is 0 Å². The molecule has 0 aliphatic heterocycles. The summed E-state index contributed by atoms with van der Waals surface area (Å²) >= 11 is 0. The second kappa shape index (κ2) is 4.14. The molecular formula is C14H11FN2O. The number of halogens is 1. The molecule has 0 unspecified atom stereocenters. The molecule has 0 saturated heterocycles. The minimum absolute atomic E-state index is 0.312. The quantitative estimate of drug-likeness (QED) is 0.745. The molecule has 0 aliphatic carbocycles. The van der Waals surface area contributed by atoms with E-state index in [2.05, 4.69) is 10.3 Å². The average Bonchev–Trinajstić information content (AvgIpc) is 2.81. The molecular weight excluding hydrogens is 231 g/mol. The van der Waals surface area contributed by atoms with Crippen LogP contribution in [0.2, 0.25) is 0 Å². The van der Waals surface area contributed by atoms with Crippen molar-refractivity contribution in [2.24, 2.45) is 0 Å². The molecule has 3 aromatic rings. The van der Waals surface area contributed by atoms with Crippen molar-refractivity contribution in [1.29, 1.82) is 0 Å². The first kappa shape index (κ1) is 10.8. The van der Waals surface area contributed by atoms with Gasteiger partial charge in [0, 0.05) is 24.4 Å². The molecule has 0 aliphatic rings. The molecule has 1 aromatic heterocycles. The average molecular weight is 242 g/mol. The van der Waals surface area contributed by atoms with Gasteiger partial charge in [0.15, 0.2) is 5.58 Å². The van der Waals surface area contributed by atoms with Crippen LogP contribution < -0.4 is 5.32 Å². The van der Waals surface area contributed by atoms with Gasteiger partial charge in [0.2, 0.25) is 5.89 Å².